The smallest absolute Gasteiger partial charge is 0.148 e. The Morgan fingerprint density at radius 3 is 3.00 bits per heavy atom. The number of halogens is 1. The molecule has 0 fully saturated rings. The molecule has 0 aliphatic rings. The van der Waals surface area contributed by atoms with Gasteiger partial charge in [-0.3, -0.25) is 0 Å². The van der Waals surface area contributed by atoms with Gasteiger partial charge in [0.1, 0.15) is 16.7 Å². The fourth-order valence-corrected chi connectivity index (χ4v) is 1.25. The van der Waals surface area contributed by atoms with Crippen LogP contribution in [0.15, 0.2) is 24.4 Å². The SMILES string of the molecule is N#Cc1cccc2nc(Cl)cnc12. The van der Waals surface area contributed by atoms with Crippen LogP contribution in [-0.2, 0) is 0 Å². The summed E-state index contributed by atoms with van der Waals surface area (Å²) in [6.45, 7) is 0. The average molecular weight is 190 g/mol. The average Bonchev–Trinajstić information content (AvgIpc) is 2.16. The largest absolute Gasteiger partial charge is 0.250 e. The van der Waals surface area contributed by atoms with Crippen LogP contribution in [0.3, 0.4) is 0 Å². The Morgan fingerprint density at radius 1 is 1.38 bits per heavy atom. The number of hydrogen-bond acceptors (Lipinski definition) is 3. The summed E-state index contributed by atoms with van der Waals surface area (Å²) in [4.78, 5) is 8.07. The number of hydrogen-bond donors (Lipinski definition) is 0. The Labute approximate surface area is 79.6 Å². The minimum atomic E-state index is 0.336. The van der Waals surface area contributed by atoms with Gasteiger partial charge in [-0.1, -0.05) is 17.7 Å². The fraction of sp³-hybridized carbons (Fsp3) is 0. The maximum atomic E-state index is 8.75. The molecule has 0 amide bonds. The molecule has 0 spiro atoms. The highest BCUT2D eigenvalue weighted by Gasteiger charge is 2.02. The zero-order valence-electron chi connectivity index (χ0n) is 6.53. The van der Waals surface area contributed by atoms with Crippen molar-refractivity contribution in [3.05, 3.63) is 35.1 Å². The second-order valence-corrected chi connectivity index (χ2v) is 2.87. The number of aromatic nitrogens is 2. The predicted molar refractivity (Wildman–Crippen MR) is 49.3 cm³/mol. The molecule has 0 bridgehead atoms. The van der Waals surface area contributed by atoms with Crippen LogP contribution >= 0.6 is 11.6 Å². The Morgan fingerprint density at radius 2 is 2.23 bits per heavy atom. The molecule has 0 saturated carbocycles. The second-order valence-electron chi connectivity index (χ2n) is 2.48. The summed E-state index contributed by atoms with van der Waals surface area (Å²) in [7, 11) is 0. The lowest BCUT2D eigenvalue weighted by atomic mass is 10.2. The first-order chi connectivity index (χ1) is 6.31. The minimum absolute atomic E-state index is 0.336. The van der Waals surface area contributed by atoms with Crippen LogP contribution in [0, 0.1) is 11.3 Å². The summed E-state index contributed by atoms with van der Waals surface area (Å²) < 4.78 is 0. The van der Waals surface area contributed by atoms with Gasteiger partial charge in [-0.15, -0.1) is 0 Å². The van der Waals surface area contributed by atoms with Gasteiger partial charge in [0.25, 0.3) is 0 Å². The predicted octanol–water partition coefficient (Wildman–Crippen LogP) is 2.15. The standard InChI is InChI=1S/C9H4ClN3/c10-8-5-12-9-6(4-11)2-1-3-7(9)13-8/h1-3,5H. The van der Waals surface area contributed by atoms with E-state index in [4.69, 9.17) is 16.9 Å². The summed E-state index contributed by atoms with van der Waals surface area (Å²) in [5.41, 5.74) is 1.75. The molecule has 2 rings (SSSR count). The second kappa shape index (κ2) is 3.00. The molecule has 3 nitrogen and oxygen atoms in total. The fourth-order valence-electron chi connectivity index (χ4n) is 1.11. The van der Waals surface area contributed by atoms with Crippen LogP contribution in [0.4, 0.5) is 0 Å². The third-order valence-electron chi connectivity index (χ3n) is 1.66. The first-order valence-corrected chi connectivity index (χ1v) is 4.00. The first kappa shape index (κ1) is 7.96. The van der Waals surface area contributed by atoms with Gasteiger partial charge in [0.15, 0.2) is 0 Å². The summed E-state index contributed by atoms with van der Waals surface area (Å²) in [6, 6.07) is 7.27. The third kappa shape index (κ3) is 1.32. The Bertz CT molecular complexity index is 502. The maximum Gasteiger partial charge on any atom is 0.148 e. The lowest BCUT2D eigenvalue weighted by Crippen LogP contribution is -1.87. The van der Waals surface area contributed by atoms with E-state index in [1.807, 2.05) is 6.07 Å². The van der Waals surface area contributed by atoms with E-state index in [9.17, 15) is 0 Å². The molecule has 1 aromatic heterocycles. The van der Waals surface area contributed by atoms with Gasteiger partial charge < -0.3 is 0 Å². The van der Waals surface area contributed by atoms with E-state index < -0.39 is 0 Å². The van der Waals surface area contributed by atoms with Crippen molar-refractivity contribution < 1.29 is 0 Å². The van der Waals surface area contributed by atoms with Crippen molar-refractivity contribution in [3.63, 3.8) is 0 Å². The number of benzene rings is 1. The molecule has 1 aromatic carbocycles. The van der Waals surface area contributed by atoms with Gasteiger partial charge in [0, 0.05) is 0 Å². The number of nitriles is 1. The molecular weight excluding hydrogens is 186 g/mol. The number of para-hydroxylation sites is 1. The lowest BCUT2D eigenvalue weighted by Gasteiger charge is -1.97. The van der Waals surface area contributed by atoms with Crippen molar-refractivity contribution in [1.82, 2.24) is 9.97 Å². The molecule has 0 radical (unpaired) electrons. The van der Waals surface area contributed by atoms with Crippen LogP contribution < -0.4 is 0 Å². The van der Waals surface area contributed by atoms with E-state index >= 15 is 0 Å². The van der Waals surface area contributed by atoms with Gasteiger partial charge >= 0.3 is 0 Å². The summed E-state index contributed by atoms with van der Waals surface area (Å²) >= 11 is 5.66. The van der Waals surface area contributed by atoms with E-state index in [2.05, 4.69) is 9.97 Å². The molecule has 0 aliphatic heterocycles. The van der Waals surface area contributed by atoms with Crippen LogP contribution in [-0.4, -0.2) is 9.97 Å². The Kier molecular flexibility index (Phi) is 1.84. The molecular formula is C9H4ClN3. The van der Waals surface area contributed by atoms with Crippen LogP contribution in [0.25, 0.3) is 11.0 Å². The van der Waals surface area contributed by atoms with Crippen molar-refractivity contribution in [2.45, 2.75) is 0 Å². The molecule has 0 atom stereocenters. The highest BCUT2D eigenvalue weighted by atomic mass is 35.5. The number of rotatable bonds is 0. The van der Waals surface area contributed by atoms with Gasteiger partial charge in [-0.05, 0) is 12.1 Å². The monoisotopic (exact) mass is 189 g/mol. The normalized spacial score (nSPS) is 9.85. The molecule has 0 aliphatic carbocycles. The topological polar surface area (TPSA) is 49.6 Å². The van der Waals surface area contributed by atoms with Crippen LogP contribution in [0.5, 0.6) is 0 Å². The van der Waals surface area contributed by atoms with Crippen molar-refractivity contribution in [1.29, 1.82) is 5.26 Å². The first-order valence-electron chi connectivity index (χ1n) is 3.62. The van der Waals surface area contributed by atoms with Crippen molar-refractivity contribution in [3.8, 4) is 6.07 Å². The van der Waals surface area contributed by atoms with E-state index in [1.54, 1.807) is 18.2 Å². The van der Waals surface area contributed by atoms with E-state index in [0.717, 1.165) is 0 Å². The van der Waals surface area contributed by atoms with Gasteiger partial charge in [-0.25, -0.2) is 9.97 Å². The molecule has 13 heavy (non-hydrogen) atoms. The highest BCUT2D eigenvalue weighted by molar-refractivity contribution is 6.29. The molecule has 1 heterocycles. The van der Waals surface area contributed by atoms with Gasteiger partial charge in [0.05, 0.1) is 17.3 Å². The maximum absolute atomic E-state index is 8.75. The van der Waals surface area contributed by atoms with Crippen molar-refractivity contribution in [2.24, 2.45) is 0 Å². The van der Waals surface area contributed by atoms with Crippen molar-refractivity contribution in [2.75, 3.05) is 0 Å². The van der Waals surface area contributed by atoms with E-state index in [0.29, 0.717) is 21.7 Å². The Balaban J connectivity index is 2.87. The zero-order chi connectivity index (χ0) is 9.26. The van der Waals surface area contributed by atoms with Crippen molar-refractivity contribution >= 4 is 22.6 Å². The molecule has 2 aromatic rings. The number of nitrogens with zero attached hydrogens (tertiary/aromatic N) is 3. The lowest BCUT2D eigenvalue weighted by molar-refractivity contribution is 1.28. The Hall–Kier alpha value is -1.66. The van der Waals surface area contributed by atoms with Crippen LogP contribution in [0.2, 0.25) is 5.15 Å². The van der Waals surface area contributed by atoms with Gasteiger partial charge in [0.2, 0.25) is 0 Å². The molecule has 0 unspecified atom stereocenters. The van der Waals surface area contributed by atoms with E-state index in [-0.39, 0.29) is 0 Å². The highest BCUT2D eigenvalue weighted by Crippen LogP contribution is 2.15. The molecule has 0 N–H and O–H groups in total. The molecule has 4 heteroatoms. The minimum Gasteiger partial charge on any atom is -0.250 e. The molecule has 0 saturated heterocycles. The quantitative estimate of drug-likeness (QED) is 0.638. The van der Waals surface area contributed by atoms with Crippen LogP contribution in [0.1, 0.15) is 5.56 Å². The van der Waals surface area contributed by atoms with E-state index in [1.165, 1.54) is 6.20 Å². The molecule has 62 valence electrons. The number of fused-ring (bicyclic) bond motifs is 1. The third-order valence-corrected chi connectivity index (χ3v) is 1.84. The summed E-state index contributed by atoms with van der Waals surface area (Å²) in [5, 5.41) is 9.09. The summed E-state index contributed by atoms with van der Waals surface area (Å²) in [6.07, 6.45) is 1.44. The van der Waals surface area contributed by atoms with Gasteiger partial charge in [-0.2, -0.15) is 5.26 Å². The summed E-state index contributed by atoms with van der Waals surface area (Å²) in [5.74, 6) is 0. The zero-order valence-corrected chi connectivity index (χ0v) is 7.28.